The minimum Gasteiger partial charge on any atom is -0.357 e. The van der Waals surface area contributed by atoms with Crippen molar-refractivity contribution in [3.8, 4) is 0 Å². The molecule has 0 bridgehead atoms. The molecule has 1 aromatic rings. The predicted octanol–water partition coefficient (Wildman–Crippen LogP) is 1.57. The van der Waals surface area contributed by atoms with Gasteiger partial charge >= 0.3 is 0 Å². The first-order valence-corrected chi connectivity index (χ1v) is 9.10. The summed E-state index contributed by atoms with van der Waals surface area (Å²) in [5.41, 5.74) is 0. The lowest BCUT2D eigenvalue weighted by molar-refractivity contribution is 0.280. The van der Waals surface area contributed by atoms with Gasteiger partial charge in [0.25, 0.3) is 10.2 Å². The zero-order chi connectivity index (χ0) is 16.3. The van der Waals surface area contributed by atoms with Crippen LogP contribution < -0.4 is 4.90 Å². The highest BCUT2D eigenvalue weighted by molar-refractivity contribution is 7.86. The van der Waals surface area contributed by atoms with Gasteiger partial charge in [0, 0.05) is 45.5 Å². The van der Waals surface area contributed by atoms with Crippen molar-refractivity contribution in [1.29, 1.82) is 0 Å². The number of anilines is 1. The summed E-state index contributed by atoms with van der Waals surface area (Å²) in [7, 11) is -0.0593. The number of pyridine rings is 1. The number of nitrogens with zero attached hydrogens (tertiary/aromatic N) is 4. The second-order valence-corrected chi connectivity index (χ2v) is 8.09. The summed E-state index contributed by atoms with van der Waals surface area (Å²) in [5.74, 6) is 0.964. The Labute approximate surface area is 133 Å². The molecule has 2 rings (SSSR count). The molecule has 22 heavy (non-hydrogen) atoms. The average Bonchev–Trinajstić information content (AvgIpc) is 2.54. The van der Waals surface area contributed by atoms with Crippen LogP contribution in [0.25, 0.3) is 0 Å². The van der Waals surface area contributed by atoms with Gasteiger partial charge in [-0.2, -0.15) is 17.0 Å². The van der Waals surface area contributed by atoms with Gasteiger partial charge in [0.05, 0.1) is 0 Å². The third-order valence-corrected chi connectivity index (χ3v) is 6.58. The predicted molar refractivity (Wildman–Crippen MR) is 89.1 cm³/mol. The lowest BCUT2D eigenvalue weighted by Gasteiger charge is -2.38. The van der Waals surface area contributed by atoms with Crippen molar-refractivity contribution in [2.75, 3.05) is 32.1 Å². The number of rotatable bonds is 5. The summed E-state index contributed by atoms with van der Waals surface area (Å²) >= 11 is 0. The third kappa shape index (κ3) is 3.59. The quantitative estimate of drug-likeness (QED) is 0.824. The Morgan fingerprint density at radius 3 is 2.36 bits per heavy atom. The van der Waals surface area contributed by atoms with E-state index in [1.165, 1.54) is 8.61 Å². The maximum Gasteiger partial charge on any atom is 0.281 e. The van der Waals surface area contributed by atoms with Gasteiger partial charge in [-0.05, 0) is 38.8 Å². The van der Waals surface area contributed by atoms with Gasteiger partial charge in [0.2, 0.25) is 0 Å². The van der Waals surface area contributed by atoms with E-state index in [4.69, 9.17) is 0 Å². The summed E-state index contributed by atoms with van der Waals surface area (Å²) in [6.07, 6.45) is 3.42. The van der Waals surface area contributed by atoms with Crippen molar-refractivity contribution < 1.29 is 8.42 Å². The molecule has 0 saturated carbocycles. The molecular formula is C15H26N4O2S. The van der Waals surface area contributed by atoms with Crippen molar-refractivity contribution >= 4 is 16.0 Å². The third-order valence-electron chi connectivity index (χ3n) is 4.41. The summed E-state index contributed by atoms with van der Waals surface area (Å²) in [6.45, 7) is 5.42. The summed E-state index contributed by atoms with van der Waals surface area (Å²) < 4.78 is 28.1. The Bertz CT molecular complexity index is 568. The molecule has 1 fully saturated rings. The number of hydrogen-bond acceptors (Lipinski definition) is 4. The standard InChI is InChI=1S/C15H26N4O2S/c1-13(2)17(3)22(20,21)18(4)14-8-11-19(12-9-14)15-7-5-6-10-16-15/h5-7,10,13-14H,8-9,11-12H2,1-4H3. The Morgan fingerprint density at radius 2 is 1.86 bits per heavy atom. The van der Waals surface area contributed by atoms with Crippen LogP contribution in [0.1, 0.15) is 26.7 Å². The molecule has 0 atom stereocenters. The van der Waals surface area contributed by atoms with Crippen molar-refractivity contribution in [2.24, 2.45) is 0 Å². The molecule has 0 radical (unpaired) electrons. The Hall–Kier alpha value is -1.18. The van der Waals surface area contributed by atoms with E-state index < -0.39 is 10.2 Å². The summed E-state index contributed by atoms with van der Waals surface area (Å²) in [5, 5.41) is 0. The molecule has 0 aromatic carbocycles. The highest BCUT2D eigenvalue weighted by Gasteiger charge is 2.33. The van der Waals surface area contributed by atoms with Crippen LogP contribution in [-0.2, 0) is 10.2 Å². The SMILES string of the molecule is CC(C)N(C)S(=O)(=O)N(C)C1CCN(c2ccccn2)CC1. The number of piperidine rings is 1. The fourth-order valence-electron chi connectivity index (χ4n) is 2.66. The molecule has 1 aliphatic heterocycles. The first-order chi connectivity index (χ1) is 10.3. The van der Waals surface area contributed by atoms with Gasteiger partial charge in [-0.25, -0.2) is 4.98 Å². The zero-order valence-corrected chi connectivity index (χ0v) is 14.6. The van der Waals surface area contributed by atoms with E-state index in [1.807, 2.05) is 32.0 Å². The Balaban J connectivity index is 1.99. The normalized spacial score (nSPS) is 17.7. The maximum atomic E-state index is 12.5. The van der Waals surface area contributed by atoms with Crippen LogP contribution >= 0.6 is 0 Å². The molecule has 0 unspecified atom stereocenters. The number of aromatic nitrogens is 1. The molecule has 1 saturated heterocycles. The van der Waals surface area contributed by atoms with E-state index >= 15 is 0 Å². The van der Waals surface area contributed by atoms with E-state index in [-0.39, 0.29) is 12.1 Å². The second kappa shape index (κ2) is 6.93. The van der Waals surface area contributed by atoms with Gasteiger partial charge in [-0.1, -0.05) is 6.07 Å². The molecule has 0 aliphatic carbocycles. The van der Waals surface area contributed by atoms with E-state index in [0.29, 0.717) is 0 Å². The Kier molecular flexibility index (Phi) is 5.41. The minimum absolute atomic E-state index is 0.0407. The maximum absolute atomic E-state index is 12.5. The van der Waals surface area contributed by atoms with E-state index in [2.05, 4.69) is 9.88 Å². The molecule has 6 nitrogen and oxygen atoms in total. The van der Waals surface area contributed by atoms with Crippen LogP contribution in [0.3, 0.4) is 0 Å². The monoisotopic (exact) mass is 326 g/mol. The molecular weight excluding hydrogens is 300 g/mol. The van der Waals surface area contributed by atoms with Crippen molar-refractivity contribution in [3.63, 3.8) is 0 Å². The first-order valence-electron chi connectivity index (χ1n) is 7.71. The number of hydrogen-bond donors (Lipinski definition) is 0. The fourth-order valence-corrected chi connectivity index (χ4v) is 4.18. The van der Waals surface area contributed by atoms with Gasteiger partial charge in [0.1, 0.15) is 5.82 Å². The smallest absolute Gasteiger partial charge is 0.281 e. The van der Waals surface area contributed by atoms with E-state index in [9.17, 15) is 8.42 Å². The molecule has 2 heterocycles. The molecule has 0 amide bonds. The second-order valence-electron chi connectivity index (χ2n) is 6.04. The van der Waals surface area contributed by atoms with Gasteiger partial charge in [0.15, 0.2) is 0 Å². The van der Waals surface area contributed by atoms with Gasteiger partial charge in [-0.15, -0.1) is 0 Å². The summed E-state index contributed by atoms with van der Waals surface area (Å²) in [4.78, 5) is 6.57. The zero-order valence-electron chi connectivity index (χ0n) is 13.8. The first kappa shape index (κ1) is 17.2. The van der Waals surface area contributed by atoms with Crippen molar-refractivity contribution in [2.45, 2.75) is 38.8 Å². The highest BCUT2D eigenvalue weighted by atomic mass is 32.2. The van der Waals surface area contributed by atoms with Crippen LogP contribution in [0.4, 0.5) is 5.82 Å². The molecule has 0 N–H and O–H groups in total. The van der Waals surface area contributed by atoms with Crippen LogP contribution in [0.2, 0.25) is 0 Å². The van der Waals surface area contributed by atoms with Crippen molar-refractivity contribution in [3.05, 3.63) is 24.4 Å². The fraction of sp³-hybridized carbons (Fsp3) is 0.667. The van der Waals surface area contributed by atoms with E-state index in [1.54, 1.807) is 20.3 Å². The lowest BCUT2D eigenvalue weighted by Crippen LogP contribution is -2.51. The van der Waals surface area contributed by atoms with Gasteiger partial charge < -0.3 is 4.90 Å². The summed E-state index contributed by atoms with van der Waals surface area (Å²) in [6, 6.07) is 5.88. The molecule has 1 aliphatic rings. The van der Waals surface area contributed by atoms with Gasteiger partial charge in [-0.3, -0.25) is 0 Å². The topological polar surface area (TPSA) is 56.8 Å². The van der Waals surface area contributed by atoms with Crippen LogP contribution in [0, 0.1) is 0 Å². The molecule has 7 heteroatoms. The average molecular weight is 326 g/mol. The molecule has 124 valence electrons. The van der Waals surface area contributed by atoms with Crippen LogP contribution in [0.15, 0.2) is 24.4 Å². The van der Waals surface area contributed by atoms with E-state index in [0.717, 1.165) is 31.7 Å². The molecule has 0 spiro atoms. The lowest BCUT2D eigenvalue weighted by atomic mass is 10.1. The van der Waals surface area contributed by atoms with Crippen LogP contribution in [-0.4, -0.2) is 61.3 Å². The van der Waals surface area contributed by atoms with Crippen molar-refractivity contribution in [1.82, 2.24) is 13.6 Å². The Morgan fingerprint density at radius 1 is 1.23 bits per heavy atom. The highest BCUT2D eigenvalue weighted by Crippen LogP contribution is 2.23. The minimum atomic E-state index is -3.39. The molecule has 1 aromatic heterocycles. The largest absolute Gasteiger partial charge is 0.357 e. The van der Waals surface area contributed by atoms with Crippen LogP contribution in [0.5, 0.6) is 0 Å².